The maximum absolute atomic E-state index is 12.7. The van der Waals surface area contributed by atoms with Crippen molar-refractivity contribution in [2.24, 2.45) is 0 Å². The van der Waals surface area contributed by atoms with Crippen molar-refractivity contribution in [1.82, 2.24) is 0 Å². The zero-order valence-electron chi connectivity index (χ0n) is 12.8. The van der Waals surface area contributed by atoms with Gasteiger partial charge in [0, 0.05) is 6.42 Å². The minimum Gasteiger partial charge on any atom is -0.465 e. The molecule has 0 aliphatic carbocycles. The van der Waals surface area contributed by atoms with E-state index in [4.69, 9.17) is 4.74 Å². The third kappa shape index (κ3) is 8.19. The Balaban J connectivity index is 3.93. The smallest absolute Gasteiger partial charge is 0.453 e. The van der Waals surface area contributed by atoms with E-state index in [1.165, 1.54) is 11.8 Å². The molecule has 0 aliphatic rings. The SMILES string of the molecule is CCCC(SCCCCCC(F)(F)C(F)(F)F)C(=O)OCC. The van der Waals surface area contributed by atoms with Gasteiger partial charge in [0.05, 0.1) is 6.61 Å². The summed E-state index contributed by atoms with van der Waals surface area (Å²) in [7, 11) is 0. The van der Waals surface area contributed by atoms with Gasteiger partial charge in [-0.15, -0.1) is 11.8 Å². The molecule has 0 aromatic carbocycles. The van der Waals surface area contributed by atoms with Gasteiger partial charge in [0.2, 0.25) is 0 Å². The Hall–Kier alpha value is -0.530. The lowest BCUT2D eigenvalue weighted by molar-refractivity contribution is -0.284. The van der Waals surface area contributed by atoms with Crippen LogP contribution in [0.15, 0.2) is 0 Å². The van der Waals surface area contributed by atoms with E-state index in [-0.39, 0.29) is 24.1 Å². The molecular formula is C14H23F5O2S. The van der Waals surface area contributed by atoms with Crippen molar-refractivity contribution in [3.8, 4) is 0 Å². The van der Waals surface area contributed by atoms with E-state index < -0.39 is 18.5 Å². The summed E-state index contributed by atoms with van der Waals surface area (Å²) in [5, 5.41) is -0.290. The third-order valence-corrected chi connectivity index (χ3v) is 4.32. The molecule has 0 fully saturated rings. The van der Waals surface area contributed by atoms with Crippen molar-refractivity contribution < 1.29 is 31.5 Å². The largest absolute Gasteiger partial charge is 0.465 e. The van der Waals surface area contributed by atoms with Crippen molar-refractivity contribution in [3.63, 3.8) is 0 Å². The molecule has 0 saturated carbocycles. The Morgan fingerprint density at radius 3 is 2.23 bits per heavy atom. The van der Waals surface area contributed by atoms with Gasteiger partial charge in [-0.05, 0) is 31.9 Å². The summed E-state index contributed by atoms with van der Waals surface area (Å²) in [6, 6.07) is 0. The quantitative estimate of drug-likeness (QED) is 0.291. The van der Waals surface area contributed by atoms with Gasteiger partial charge in [-0.25, -0.2) is 0 Å². The highest BCUT2D eigenvalue weighted by Gasteiger charge is 2.56. The van der Waals surface area contributed by atoms with Crippen molar-refractivity contribution in [1.29, 1.82) is 0 Å². The summed E-state index contributed by atoms with van der Waals surface area (Å²) in [5.41, 5.74) is 0. The minimum absolute atomic E-state index is 0.190. The Kier molecular flexibility index (Phi) is 10.0. The van der Waals surface area contributed by atoms with Crippen molar-refractivity contribution in [3.05, 3.63) is 0 Å². The zero-order chi connectivity index (χ0) is 17.2. The molecule has 0 saturated heterocycles. The Morgan fingerprint density at radius 1 is 1.09 bits per heavy atom. The van der Waals surface area contributed by atoms with Crippen LogP contribution in [-0.4, -0.2) is 35.7 Å². The first-order chi connectivity index (χ1) is 10.2. The van der Waals surface area contributed by atoms with Crippen molar-refractivity contribution >= 4 is 17.7 Å². The second-order valence-electron chi connectivity index (χ2n) is 4.91. The van der Waals surface area contributed by atoms with Gasteiger partial charge < -0.3 is 4.74 Å². The summed E-state index contributed by atoms with van der Waals surface area (Å²) in [6.07, 6.45) is -4.59. The molecule has 132 valence electrons. The second-order valence-corrected chi connectivity index (χ2v) is 6.22. The van der Waals surface area contributed by atoms with Gasteiger partial charge in [0.1, 0.15) is 5.25 Å². The first-order valence-corrected chi connectivity index (χ1v) is 8.43. The molecule has 22 heavy (non-hydrogen) atoms. The van der Waals surface area contributed by atoms with E-state index in [0.717, 1.165) is 6.42 Å². The van der Waals surface area contributed by atoms with E-state index in [2.05, 4.69) is 0 Å². The summed E-state index contributed by atoms with van der Waals surface area (Å²) in [4.78, 5) is 11.6. The number of unbranched alkanes of at least 4 members (excludes halogenated alkanes) is 2. The number of alkyl halides is 5. The van der Waals surface area contributed by atoms with Crippen LogP contribution >= 0.6 is 11.8 Å². The zero-order valence-corrected chi connectivity index (χ0v) is 13.7. The van der Waals surface area contributed by atoms with E-state index in [1.54, 1.807) is 6.92 Å². The van der Waals surface area contributed by atoms with Gasteiger partial charge >= 0.3 is 18.1 Å². The van der Waals surface area contributed by atoms with Gasteiger partial charge in [-0.2, -0.15) is 22.0 Å². The monoisotopic (exact) mass is 350 g/mol. The maximum Gasteiger partial charge on any atom is 0.453 e. The van der Waals surface area contributed by atoms with Crippen LogP contribution in [-0.2, 0) is 9.53 Å². The lowest BCUT2D eigenvalue weighted by Gasteiger charge is -2.19. The van der Waals surface area contributed by atoms with Gasteiger partial charge in [0.25, 0.3) is 0 Å². The molecule has 0 aromatic heterocycles. The van der Waals surface area contributed by atoms with E-state index in [0.29, 0.717) is 25.2 Å². The van der Waals surface area contributed by atoms with E-state index in [9.17, 15) is 26.7 Å². The molecular weight excluding hydrogens is 327 g/mol. The number of halogens is 5. The van der Waals surface area contributed by atoms with Crippen LogP contribution in [0.2, 0.25) is 0 Å². The molecule has 1 unspecified atom stereocenters. The fourth-order valence-corrected chi connectivity index (χ4v) is 3.02. The lowest BCUT2D eigenvalue weighted by Crippen LogP contribution is -2.36. The molecule has 2 nitrogen and oxygen atoms in total. The van der Waals surface area contributed by atoms with Gasteiger partial charge in [0.15, 0.2) is 0 Å². The molecule has 0 bridgehead atoms. The first kappa shape index (κ1) is 21.5. The number of ether oxygens (including phenoxy) is 1. The highest BCUT2D eigenvalue weighted by Crippen LogP contribution is 2.39. The summed E-state index contributed by atoms with van der Waals surface area (Å²) >= 11 is 1.37. The third-order valence-electron chi connectivity index (χ3n) is 2.97. The summed E-state index contributed by atoms with van der Waals surface area (Å²) < 4.78 is 66.1. The van der Waals surface area contributed by atoms with Crippen LogP contribution in [0.4, 0.5) is 22.0 Å². The molecule has 0 heterocycles. The molecule has 0 aliphatic heterocycles. The molecule has 0 N–H and O–H groups in total. The summed E-state index contributed by atoms with van der Waals surface area (Å²) in [6.45, 7) is 3.95. The van der Waals surface area contributed by atoms with Crippen LogP contribution < -0.4 is 0 Å². The fourth-order valence-electron chi connectivity index (χ4n) is 1.76. The average molecular weight is 350 g/mol. The summed E-state index contributed by atoms with van der Waals surface area (Å²) in [5.74, 6) is -4.37. The minimum atomic E-state index is -5.47. The second kappa shape index (κ2) is 10.3. The van der Waals surface area contributed by atoms with E-state index in [1.807, 2.05) is 6.92 Å². The molecule has 0 spiro atoms. The molecule has 0 amide bonds. The average Bonchev–Trinajstić information content (AvgIpc) is 2.40. The van der Waals surface area contributed by atoms with Crippen LogP contribution in [0.3, 0.4) is 0 Å². The number of rotatable bonds is 11. The number of esters is 1. The number of carbonyl (C=O) groups is 1. The highest BCUT2D eigenvalue weighted by molar-refractivity contribution is 8.00. The molecule has 0 aromatic rings. The topological polar surface area (TPSA) is 26.3 Å². The Bertz CT molecular complexity index is 321. The van der Waals surface area contributed by atoms with Crippen LogP contribution in [0.25, 0.3) is 0 Å². The number of hydrogen-bond acceptors (Lipinski definition) is 3. The number of thioether (sulfide) groups is 1. The lowest BCUT2D eigenvalue weighted by atomic mass is 10.1. The molecule has 8 heteroatoms. The van der Waals surface area contributed by atoms with Gasteiger partial charge in [-0.3, -0.25) is 4.79 Å². The molecule has 1 atom stereocenters. The molecule has 0 radical (unpaired) electrons. The Labute approximate surface area is 132 Å². The van der Waals surface area contributed by atoms with Gasteiger partial charge in [-0.1, -0.05) is 19.8 Å². The number of carbonyl (C=O) groups excluding carboxylic acids is 1. The van der Waals surface area contributed by atoms with Crippen LogP contribution in [0.5, 0.6) is 0 Å². The van der Waals surface area contributed by atoms with Crippen molar-refractivity contribution in [2.45, 2.75) is 69.7 Å². The highest BCUT2D eigenvalue weighted by atomic mass is 32.2. The number of hydrogen-bond donors (Lipinski definition) is 0. The predicted molar refractivity (Wildman–Crippen MR) is 77.3 cm³/mol. The normalized spacial score (nSPS) is 14.0. The first-order valence-electron chi connectivity index (χ1n) is 7.38. The van der Waals surface area contributed by atoms with Crippen molar-refractivity contribution in [2.75, 3.05) is 12.4 Å². The van der Waals surface area contributed by atoms with Crippen LogP contribution in [0.1, 0.15) is 52.4 Å². The molecule has 0 rings (SSSR count). The van der Waals surface area contributed by atoms with Crippen LogP contribution in [0, 0.1) is 0 Å². The predicted octanol–water partition coefficient (Wildman–Crippen LogP) is 5.21. The maximum atomic E-state index is 12.7. The standard InChI is InChI=1S/C14H23F5O2S/c1-3-8-11(12(20)21-4-2)22-10-7-5-6-9-13(15,16)14(17,18)19/h11H,3-10H2,1-2H3. The Morgan fingerprint density at radius 2 is 1.73 bits per heavy atom. The van der Waals surface area contributed by atoms with E-state index >= 15 is 0 Å². The fraction of sp³-hybridized carbons (Fsp3) is 0.929.